The van der Waals surface area contributed by atoms with Gasteiger partial charge in [0.15, 0.2) is 17.5 Å². The number of nitrogens with zero attached hydrogens (tertiary/aromatic N) is 6. The third-order valence-corrected chi connectivity index (χ3v) is 14.5. The molecule has 0 N–H and O–H groups in total. The Hall–Kier alpha value is -8.61. The summed E-state index contributed by atoms with van der Waals surface area (Å²) in [5.74, 6) is 2.25. The van der Waals surface area contributed by atoms with E-state index in [1.165, 1.54) is 43.4 Å². The molecule has 4 heterocycles. The normalized spacial score (nSPS) is 12.3. The fourth-order valence-electron chi connectivity index (χ4n) is 10.9. The van der Waals surface area contributed by atoms with Gasteiger partial charge < -0.3 is 13.7 Å². The molecule has 9 aromatic carbocycles. The molecule has 0 saturated heterocycles. The van der Waals surface area contributed by atoms with Crippen molar-refractivity contribution in [2.45, 2.75) is 46.0 Å². The summed E-state index contributed by atoms with van der Waals surface area (Å²) < 4.78 is 7.52. The third-order valence-electron chi connectivity index (χ3n) is 14.5. The minimum absolute atomic E-state index is 0.421. The van der Waals surface area contributed by atoms with E-state index in [1.807, 2.05) is 36.4 Å². The summed E-state index contributed by atoms with van der Waals surface area (Å²) in [6, 6.07) is 74.8. The lowest BCUT2D eigenvalue weighted by molar-refractivity contribution is 0.735. The molecule has 6 heteroatoms. The summed E-state index contributed by atoms with van der Waals surface area (Å²) in [6.07, 6.45) is 3.16. The van der Waals surface area contributed by atoms with Gasteiger partial charge in [0, 0.05) is 49.0 Å². The summed E-state index contributed by atoms with van der Waals surface area (Å²) in [5.41, 5.74) is 15.3. The first-order valence-electron chi connectivity index (χ1n) is 24.7. The SMILES string of the molecule is CCCc1ccc2c(c1)c1cc(C(C)CC)ccc1n2-c1c(-n2c3ccccc3c3ccccc32)cc(-c2nc(-c3ccccc3)nc(-c3ccccc3)n2)cc1-n1c2ccccc2c2ccccc21. The largest absolute Gasteiger partial charge is 0.307 e. The molecule has 0 radical (unpaired) electrons. The number of hydrogen-bond acceptors (Lipinski definition) is 3. The molecule has 1 unspecified atom stereocenters. The lowest BCUT2D eigenvalue weighted by atomic mass is 9.96. The number of para-hydroxylation sites is 4. The molecule has 0 fully saturated rings. The molecule has 0 bridgehead atoms. The number of fused-ring (bicyclic) bond motifs is 9. The van der Waals surface area contributed by atoms with Gasteiger partial charge in [-0.05, 0) is 90.6 Å². The summed E-state index contributed by atoms with van der Waals surface area (Å²) >= 11 is 0. The number of aromatic nitrogens is 6. The molecule has 13 rings (SSSR count). The zero-order chi connectivity index (χ0) is 46.9. The lowest BCUT2D eigenvalue weighted by Gasteiger charge is -2.23. The van der Waals surface area contributed by atoms with Gasteiger partial charge >= 0.3 is 0 Å². The van der Waals surface area contributed by atoms with Crippen molar-refractivity contribution in [2.75, 3.05) is 0 Å². The maximum Gasteiger partial charge on any atom is 0.164 e. The highest BCUT2D eigenvalue weighted by atomic mass is 15.1. The predicted octanol–water partition coefficient (Wildman–Crippen LogP) is 16.6. The second-order valence-corrected chi connectivity index (χ2v) is 18.7. The maximum absolute atomic E-state index is 5.40. The van der Waals surface area contributed by atoms with Gasteiger partial charge in [-0.1, -0.05) is 173 Å². The summed E-state index contributed by atoms with van der Waals surface area (Å²) in [6.45, 7) is 6.90. The standard InChI is InChI=1S/C64H50N6/c1-4-20-42-33-35-57-51(37-42)52-38-45(41(3)5-2)34-36-58(52)70(57)61-59(68-53-29-16-12-25-47(53)48-26-13-17-30-54(48)68)39-46(40-60(61)69-55-31-18-14-27-49(55)50-28-15-19-32-56(50)69)64-66-62(43-21-8-6-9-22-43)65-63(67-64)44-23-10-7-11-24-44/h6-19,21-41H,4-5,20H2,1-3H3. The van der Waals surface area contributed by atoms with Gasteiger partial charge in [0.1, 0.15) is 0 Å². The number of rotatable bonds is 10. The van der Waals surface area contributed by atoms with Crippen molar-refractivity contribution in [2.24, 2.45) is 0 Å². The highest BCUT2D eigenvalue weighted by Gasteiger charge is 2.27. The number of hydrogen-bond donors (Lipinski definition) is 0. The monoisotopic (exact) mass is 902 g/mol. The van der Waals surface area contributed by atoms with Crippen LogP contribution in [-0.2, 0) is 6.42 Å². The van der Waals surface area contributed by atoms with E-state index < -0.39 is 0 Å². The quantitative estimate of drug-likeness (QED) is 0.137. The van der Waals surface area contributed by atoms with Crippen LogP contribution in [0.2, 0.25) is 0 Å². The Balaban J connectivity index is 1.25. The molecule has 70 heavy (non-hydrogen) atoms. The molecule has 0 amide bonds. The van der Waals surface area contributed by atoms with Crippen LogP contribution in [0, 0.1) is 0 Å². The first-order valence-corrected chi connectivity index (χ1v) is 24.7. The Kier molecular flexibility index (Phi) is 10.0. The molecule has 13 aromatic rings. The number of benzene rings is 9. The molecule has 0 spiro atoms. The van der Waals surface area contributed by atoms with Crippen LogP contribution >= 0.6 is 0 Å². The highest BCUT2D eigenvalue weighted by molar-refractivity contribution is 6.14. The van der Waals surface area contributed by atoms with Crippen LogP contribution in [0.3, 0.4) is 0 Å². The van der Waals surface area contributed by atoms with Crippen molar-refractivity contribution in [1.82, 2.24) is 28.7 Å². The molecular formula is C64H50N6. The van der Waals surface area contributed by atoms with Crippen molar-refractivity contribution >= 4 is 65.4 Å². The average Bonchev–Trinajstić information content (AvgIpc) is 4.06. The van der Waals surface area contributed by atoms with Crippen molar-refractivity contribution in [3.63, 3.8) is 0 Å². The summed E-state index contributed by atoms with van der Waals surface area (Å²) in [7, 11) is 0. The smallest absolute Gasteiger partial charge is 0.164 e. The molecule has 4 aromatic heterocycles. The van der Waals surface area contributed by atoms with Crippen molar-refractivity contribution in [3.05, 3.63) is 217 Å². The molecule has 336 valence electrons. The average molecular weight is 903 g/mol. The maximum atomic E-state index is 5.40. The second-order valence-electron chi connectivity index (χ2n) is 18.7. The fourth-order valence-corrected chi connectivity index (χ4v) is 10.9. The van der Waals surface area contributed by atoms with E-state index in [4.69, 9.17) is 15.0 Å². The predicted molar refractivity (Wildman–Crippen MR) is 292 cm³/mol. The zero-order valence-electron chi connectivity index (χ0n) is 39.5. The number of aryl methyl sites for hydroxylation is 1. The van der Waals surface area contributed by atoms with E-state index in [-0.39, 0.29) is 0 Å². The summed E-state index contributed by atoms with van der Waals surface area (Å²) in [5, 5.41) is 7.28. The van der Waals surface area contributed by atoms with Crippen LogP contribution in [0.25, 0.3) is 117 Å². The van der Waals surface area contributed by atoms with E-state index in [9.17, 15) is 0 Å². The molecule has 1 atom stereocenters. The van der Waals surface area contributed by atoms with Gasteiger partial charge in [0.2, 0.25) is 0 Å². The van der Waals surface area contributed by atoms with Crippen LogP contribution < -0.4 is 0 Å². The molecule has 6 nitrogen and oxygen atoms in total. The minimum Gasteiger partial charge on any atom is -0.307 e. The Morgan fingerprint density at radius 2 is 0.771 bits per heavy atom. The van der Waals surface area contributed by atoms with Crippen molar-refractivity contribution < 1.29 is 0 Å². The Morgan fingerprint density at radius 1 is 0.371 bits per heavy atom. The topological polar surface area (TPSA) is 53.5 Å². The van der Waals surface area contributed by atoms with Crippen molar-refractivity contribution in [3.8, 4) is 51.2 Å². The van der Waals surface area contributed by atoms with Gasteiger partial charge in [-0.3, -0.25) is 0 Å². The van der Waals surface area contributed by atoms with Gasteiger partial charge in [0.25, 0.3) is 0 Å². The molecule has 0 aliphatic rings. The van der Waals surface area contributed by atoms with E-state index in [0.717, 1.165) is 86.1 Å². The first kappa shape index (κ1) is 41.6. The molecule has 0 saturated carbocycles. The van der Waals surface area contributed by atoms with Crippen LogP contribution in [0.5, 0.6) is 0 Å². The Labute approximate surface area is 406 Å². The molecule has 0 aliphatic heterocycles. The van der Waals surface area contributed by atoms with E-state index in [1.54, 1.807) is 0 Å². The van der Waals surface area contributed by atoms with Gasteiger partial charge in [-0.25, -0.2) is 15.0 Å². The minimum atomic E-state index is 0.421. The molecule has 0 aliphatic carbocycles. The fraction of sp³-hybridized carbons (Fsp3) is 0.109. The van der Waals surface area contributed by atoms with E-state index in [0.29, 0.717) is 23.4 Å². The molecular weight excluding hydrogens is 853 g/mol. The van der Waals surface area contributed by atoms with Crippen LogP contribution in [-0.4, -0.2) is 28.7 Å². The summed E-state index contributed by atoms with van der Waals surface area (Å²) in [4.78, 5) is 15.9. The zero-order valence-corrected chi connectivity index (χ0v) is 39.5. The van der Waals surface area contributed by atoms with E-state index in [2.05, 4.69) is 204 Å². The van der Waals surface area contributed by atoms with E-state index >= 15 is 0 Å². The third kappa shape index (κ3) is 6.66. The van der Waals surface area contributed by atoms with Gasteiger partial charge in [-0.2, -0.15) is 0 Å². The second kappa shape index (κ2) is 16.9. The first-order chi connectivity index (χ1) is 34.6. The highest BCUT2D eigenvalue weighted by Crippen LogP contribution is 2.45. The van der Waals surface area contributed by atoms with Crippen LogP contribution in [0.15, 0.2) is 206 Å². The Bertz CT molecular complexity index is 3840. The van der Waals surface area contributed by atoms with Gasteiger partial charge in [-0.15, -0.1) is 0 Å². The lowest BCUT2D eigenvalue weighted by Crippen LogP contribution is -2.10. The Morgan fingerprint density at radius 3 is 1.23 bits per heavy atom. The van der Waals surface area contributed by atoms with Crippen molar-refractivity contribution in [1.29, 1.82) is 0 Å². The van der Waals surface area contributed by atoms with Crippen LogP contribution in [0.4, 0.5) is 0 Å². The van der Waals surface area contributed by atoms with Crippen LogP contribution in [0.1, 0.15) is 50.7 Å². The van der Waals surface area contributed by atoms with Gasteiger partial charge in [0.05, 0.1) is 50.2 Å².